The van der Waals surface area contributed by atoms with Crippen molar-refractivity contribution < 1.29 is 0 Å². The zero-order chi connectivity index (χ0) is 8.27. The van der Waals surface area contributed by atoms with Crippen molar-refractivity contribution in [1.82, 2.24) is 9.55 Å². The van der Waals surface area contributed by atoms with E-state index in [1.165, 1.54) is 0 Å². The highest BCUT2D eigenvalue weighted by Gasteiger charge is 2.03. The number of allylic oxidation sites excluding steroid dienone is 1. The molecular formula is C8H13N3. The Morgan fingerprint density at radius 1 is 1.91 bits per heavy atom. The van der Waals surface area contributed by atoms with Gasteiger partial charge >= 0.3 is 0 Å². The van der Waals surface area contributed by atoms with Crippen molar-refractivity contribution in [2.24, 2.45) is 5.73 Å². The number of hydrogen-bond donors (Lipinski definition) is 1. The van der Waals surface area contributed by atoms with Crippen LogP contribution in [0.25, 0.3) is 0 Å². The van der Waals surface area contributed by atoms with Crippen LogP contribution in [0.3, 0.4) is 0 Å². The Bertz CT molecular complexity index is 239. The minimum Gasteiger partial charge on any atom is -0.327 e. The molecule has 3 nitrogen and oxygen atoms in total. The van der Waals surface area contributed by atoms with Crippen molar-refractivity contribution in [2.75, 3.05) is 0 Å². The Balaban J connectivity index is 2.91. The van der Waals surface area contributed by atoms with E-state index in [1.54, 1.807) is 12.5 Å². The van der Waals surface area contributed by atoms with Crippen molar-refractivity contribution >= 4 is 0 Å². The molecule has 0 radical (unpaired) electrons. The summed E-state index contributed by atoms with van der Waals surface area (Å²) in [4.78, 5) is 4.00. The number of aromatic nitrogens is 2. The van der Waals surface area contributed by atoms with Crippen LogP contribution in [-0.2, 0) is 6.54 Å². The van der Waals surface area contributed by atoms with Crippen molar-refractivity contribution in [1.29, 1.82) is 0 Å². The molecule has 60 valence electrons. The molecule has 0 aliphatic carbocycles. The van der Waals surface area contributed by atoms with Crippen LogP contribution in [0, 0.1) is 0 Å². The van der Waals surface area contributed by atoms with Gasteiger partial charge in [-0.1, -0.05) is 6.08 Å². The van der Waals surface area contributed by atoms with E-state index in [-0.39, 0.29) is 6.04 Å². The quantitative estimate of drug-likeness (QED) is 0.657. The van der Waals surface area contributed by atoms with Crippen LogP contribution in [-0.4, -0.2) is 9.55 Å². The molecule has 0 saturated carbocycles. The van der Waals surface area contributed by atoms with Crippen LogP contribution in [0.15, 0.2) is 25.2 Å². The summed E-state index contributed by atoms with van der Waals surface area (Å²) in [6.45, 7) is 6.28. The maximum absolute atomic E-state index is 5.49. The summed E-state index contributed by atoms with van der Waals surface area (Å²) < 4.78 is 2.01. The third kappa shape index (κ3) is 1.49. The lowest BCUT2D eigenvalue weighted by Crippen LogP contribution is -2.08. The van der Waals surface area contributed by atoms with E-state index in [2.05, 4.69) is 11.6 Å². The molecule has 0 aliphatic heterocycles. The molecule has 3 heteroatoms. The average Bonchev–Trinajstić information content (AvgIpc) is 2.50. The van der Waals surface area contributed by atoms with E-state index in [9.17, 15) is 0 Å². The van der Waals surface area contributed by atoms with Crippen molar-refractivity contribution in [3.63, 3.8) is 0 Å². The van der Waals surface area contributed by atoms with Gasteiger partial charge in [-0.05, 0) is 6.92 Å². The second kappa shape index (κ2) is 3.34. The summed E-state index contributed by atoms with van der Waals surface area (Å²) in [5, 5.41) is 0. The molecule has 1 rings (SSSR count). The van der Waals surface area contributed by atoms with Gasteiger partial charge in [0.2, 0.25) is 0 Å². The van der Waals surface area contributed by atoms with Crippen molar-refractivity contribution in [3.8, 4) is 0 Å². The largest absolute Gasteiger partial charge is 0.327 e. The summed E-state index contributed by atoms with van der Waals surface area (Å²) in [5.41, 5.74) is 6.53. The molecule has 1 aromatic heterocycles. The van der Waals surface area contributed by atoms with E-state index in [1.807, 2.05) is 17.6 Å². The molecule has 0 amide bonds. The van der Waals surface area contributed by atoms with Crippen molar-refractivity contribution in [3.05, 3.63) is 30.9 Å². The summed E-state index contributed by atoms with van der Waals surface area (Å²) in [5.74, 6) is 0. The second-order valence-electron chi connectivity index (χ2n) is 2.47. The second-order valence-corrected chi connectivity index (χ2v) is 2.47. The van der Waals surface area contributed by atoms with Crippen LogP contribution < -0.4 is 5.73 Å². The van der Waals surface area contributed by atoms with Gasteiger partial charge in [-0.15, -0.1) is 6.58 Å². The summed E-state index contributed by atoms with van der Waals surface area (Å²) in [6, 6.07) is 0.274. The van der Waals surface area contributed by atoms with Gasteiger partial charge in [0.15, 0.2) is 0 Å². The van der Waals surface area contributed by atoms with E-state index < -0.39 is 0 Å². The lowest BCUT2D eigenvalue weighted by molar-refractivity contribution is 0.628. The number of rotatable bonds is 3. The smallest absolute Gasteiger partial charge is 0.0954 e. The lowest BCUT2D eigenvalue weighted by atomic mass is 10.3. The van der Waals surface area contributed by atoms with Gasteiger partial charge in [0.05, 0.1) is 12.0 Å². The van der Waals surface area contributed by atoms with Gasteiger partial charge in [-0.2, -0.15) is 0 Å². The Morgan fingerprint density at radius 3 is 3.18 bits per heavy atom. The zero-order valence-electron chi connectivity index (χ0n) is 6.70. The first-order chi connectivity index (χ1) is 5.29. The topological polar surface area (TPSA) is 43.8 Å². The maximum Gasteiger partial charge on any atom is 0.0954 e. The summed E-state index contributed by atoms with van der Waals surface area (Å²) in [7, 11) is 0. The Hall–Kier alpha value is -1.09. The van der Waals surface area contributed by atoms with E-state index in [0.29, 0.717) is 6.54 Å². The predicted molar refractivity (Wildman–Crippen MR) is 45.0 cm³/mol. The molecule has 0 aliphatic rings. The molecule has 0 spiro atoms. The predicted octanol–water partition coefficient (Wildman–Crippen LogP) is 1.09. The molecule has 11 heavy (non-hydrogen) atoms. The highest BCUT2D eigenvalue weighted by Crippen LogP contribution is 2.09. The molecular weight excluding hydrogens is 138 g/mol. The minimum absolute atomic E-state index is 0.274. The molecule has 1 unspecified atom stereocenters. The minimum atomic E-state index is 0.274. The van der Waals surface area contributed by atoms with E-state index in [4.69, 9.17) is 5.73 Å². The third-order valence-electron chi connectivity index (χ3n) is 1.74. The Labute approximate surface area is 66.5 Å². The number of nitrogens with zero attached hydrogens (tertiary/aromatic N) is 2. The lowest BCUT2D eigenvalue weighted by Gasteiger charge is -2.10. The fraction of sp³-hybridized carbons (Fsp3) is 0.375. The van der Waals surface area contributed by atoms with Crippen molar-refractivity contribution in [2.45, 2.75) is 19.5 Å². The fourth-order valence-electron chi connectivity index (χ4n) is 0.970. The standard InChI is InChI=1S/C8H13N3/c1-3-7(2)11-6-10-5-8(11)4-9/h3,5-7H,1,4,9H2,2H3. The normalized spacial score (nSPS) is 12.9. The van der Waals surface area contributed by atoms with Crippen LogP contribution in [0.5, 0.6) is 0 Å². The third-order valence-corrected chi connectivity index (χ3v) is 1.74. The van der Waals surface area contributed by atoms with Crippen LogP contribution in [0.4, 0.5) is 0 Å². The van der Waals surface area contributed by atoms with Gasteiger partial charge in [-0.3, -0.25) is 0 Å². The molecule has 0 aromatic carbocycles. The summed E-state index contributed by atoms with van der Waals surface area (Å²) >= 11 is 0. The monoisotopic (exact) mass is 151 g/mol. The first kappa shape index (κ1) is 8.01. The molecule has 2 N–H and O–H groups in total. The molecule has 0 fully saturated rings. The highest BCUT2D eigenvalue weighted by molar-refractivity contribution is 5.01. The van der Waals surface area contributed by atoms with Crippen LogP contribution in [0.1, 0.15) is 18.7 Å². The molecule has 1 atom stereocenters. The number of imidazole rings is 1. The molecule has 1 aromatic rings. The SMILES string of the molecule is C=CC(C)n1cncc1CN. The van der Waals surface area contributed by atoms with Gasteiger partial charge in [0, 0.05) is 18.8 Å². The summed E-state index contributed by atoms with van der Waals surface area (Å²) in [6.07, 6.45) is 5.41. The Kier molecular flexibility index (Phi) is 2.44. The maximum atomic E-state index is 5.49. The van der Waals surface area contributed by atoms with E-state index >= 15 is 0 Å². The van der Waals surface area contributed by atoms with Gasteiger partial charge in [0.1, 0.15) is 0 Å². The molecule has 0 bridgehead atoms. The van der Waals surface area contributed by atoms with Gasteiger partial charge in [0.25, 0.3) is 0 Å². The van der Waals surface area contributed by atoms with Crippen LogP contribution >= 0.6 is 0 Å². The highest BCUT2D eigenvalue weighted by atomic mass is 15.1. The average molecular weight is 151 g/mol. The molecule has 0 saturated heterocycles. The molecule has 1 heterocycles. The zero-order valence-corrected chi connectivity index (χ0v) is 6.70. The number of hydrogen-bond acceptors (Lipinski definition) is 2. The van der Waals surface area contributed by atoms with E-state index in [0.717, 1.165) is 5.69 Å². The first-order valence-electron chi connectivity index (χ1n) is 3.63. The first-order valence-corrected chi connectivity index (χ1v) is 3.63. The fourth-order valence-corrected chi connectivity index (χ4v) is 0.970. The number of nitrogens with two attached hydrogens (primary N) is 1. The van der Waals surface area contributed by atoms with Gasteiger partial charge < -0.3 is 10.3 Å². The van der Waals surface area contributed by atoms with Crippen LogP contribution in [0.2, 0.25) is 0 Å². The van der Waals surface area contributed by atoms with Gasteiger partial charge in [-0.25, -0.2) is 4.98 Å². The Morgan fingerprint density at radius 2 is 2.64 bits per heavy atom.